The quantitative estimate of drug-likeness (QED) is 0.724. The Morgan fingerprint density at radius 1 is 1.33 bits per heavy atom. The van der Waals surface area contributed by atoms with Crippen LogP contribution in [0.15, 0.2) is 23.0 Å². The number of hydrogen-bond acceptors (Lipinski definition) is 5. The minimum Gasteiger partial charge on any atom is -0.476 e. The number of benzene rings is 1. The zero-order chi connectivity index (χ0) is 15.1. The lowest BCUT2D eigenvalue weighted by atomic mass is 10.2. The van der Waals surface area contributed by atoms with Gasteiger partial charge in [-0.3, -0.25) is 4.79 Å². The van der Waals surface area contributed by atoms with Gasteiger partial charge in [0.1, 0.15) is 0 Å². The Labute approximate surface area is 122 Å². The van der Waals surface area contributed by atoms with Gasteiger partial charge in [0.25, 0.3) is 0 Å². The number of hydrogen-bond donors (Lipinski definition) is 1. The molecule has 0 saturated heterocycles. The number of nitrogens with zero attached hydrogens (tertiary/aromatic N) is 4. The third-order valence-electron chi connectivity index (χ3n) is 3.01. The van der Waals surface area contributed by atoms with E-state index >= 15 is 0 Å². The fraction of sp³-hybridized carbons (Fsp3) is 0.154. The topological polar surface area (TPSA) is 98.0 Å². The van der Waals surface area contributed by atoms with Gasteiger partial charge in [-0.15, -0.1) is 0 Å². The van der Waals surface area contributed by atoms with E-state index in [1.807, 2.05) is 0 Å². The van der Waals surface area contributed by atoms with Gasteiger partial charge in [-0.25, -0.2) is 19.4 Å². The number of carbonyl (C=O) groups is 1. The van der Waals surface area contributed by atoms with Crippen LogP contribution >= 0.6 is 11.6 Å². The van der Waals surface area contributed by atoms with Crippen molar-refractivity contribution in [2.75, 3.05) is 0 Å². The van der Waals surface area contributed by atoms with Crippen molar-refractivity contribution in [1.82, 2.24) is 19.7 Å². The lowest BCUT2D eigenvalue weighted by Gasteiger charge is -2.08. The molecule has 2 aromatic heterocycles. The predicted octanol–water partition coefficient (Wildman–Crippen LogP) is 1.71. The first-order valence-electron chi connectivity index (χ1n) is 6.12. The third-order valence-corrected chi connectivity index (χ3v) is 3.24. The summed E-state index contributed by atoms with van der Waals surface area (Å²) in [4.78, 5) is 31.8. The second-order valence-electron chi connectivity index (χ2n) is 4.33. The molecule has 1 aromatic carbocycles. The smallest absolute Gasteiger partial charge is 0.360 e. The molecule has 8 heteroatoms. The molecule has 0 aliphatic carbocycles. The minimum atomic E-state index is -1.39. The maximum absolute atomic E-state index is 12.2. The molecule has 0 aliphatic rings. The van der Waals surface area contributed by atoms with E-state index in [0.29, 0.717) is 22.6 Å². The standard InChI is InChI=1S/C13H9ClN4O3/c1-2-18-12-9(11(19)10(17-18)13(20)21)15-8-5-6(14)3-4-7(8)16-12/h3-5H,2H2,1H3,(H,20,21). The largest absolute Gasteiger partial charge is 0.476 e. The van der Waals surface area contributed by atoms with Crippen LogP contribution in [-0.4, -0.2) is 30.8 Å². The van der Waals surface area contributed by atoms with E-state index < -0.39 is 17.1 Å². The number of aromatic carboxylic acids is 1. The van der Waals surface area contributed by atoms with Gasteiger partial charge in [0.05, 0.1) is 11.0 Å². The number of aryl methyl sites for hydroxylation is 1. The van der Waals surface area contributed by atoms with Crippen LogP contribution in [0.5, 0.6) is 0 Å². The van der Waals surface area contributed by atoms with Crippen LogP contribution in [0.4, 0.5) is 0 Å². The van der Waals surface area contributed by atoms with Crippen molar-refractivity contribution in [2.45, 2.75) is 13.5 Å². The van der Waals surface area contributed by atoms with Crippen molar-refractivity contribution in [3.63, 3.8) is 0 Å². The molecule has 0 amide bonds. The number of rotatable bonds is 2. The molecule has 21 heavy (non-hydrogen) atoms. The Hall–Kier alpha value is -2.54. The first-order valence-corrected chi connectivity index (χ1v) is 6.50. The molecule has 3 aromatic rings. The molecule has 2 heterocycles. The van der Waals surface area contributed by atoms with Gasteiger partial charge in [0, 0.05) is 11.6 Å². The molecule has 0 radical (unpaired) electrons. The van der Waals surface area contributed by atoms with Gasteiger partial charge >= 0.3 is 5.97 Å². The normalized spacial score (nSPS) is 11.1. The van der Waals surface area contributed by atoms with Crippen LogP contribution in [0, 0.1) is 0 Å². The van der Waals surface area contributed by atoms with Gasteiger partial charge in [0.2, 0.25) is 11.1 Å². The SMILES string of the molecule is CCn1nc(C(=O)O)c(=O)c2nc3cc(Cl)ccc3nc21. The molecule has 0 bridgehead atoms. The van der Waals surface area contributed by atoms with Crippen molar-refractivity contribution in [1.29, 1.82) is 0 Å². The van der Waals surface area contributed by atoms with Crippen molar-refractivity contribution >= 4 is 39.8 Å². The monoisotopic (exact) mass is 304 g/mol. The van der Waals surface area contributed by atoms with E-state index in [-0.39, 0.29) is 11.2 Å². The highest BCUT2D eigenvalue weighted by atomic mass is 35.5. The van der Waals surface area contributed by atoms with E-state index in [2.05, 4.69) is 15.1 Å². The molecule has 0 fully saturated rings. The molecular formula is C13H9ClN4O3. The van der Waals surface area contributed by atoms with Gasteiger partial charge < -0.3 is 5.11 Å². The summed E-state index contributed by atoms with van der Waals surface area (Å²) in [7, 11) is 0. The number of carboxylic acid groups (broad SMARTS) is 1. The summed E-state index contributed by atoms with van der Waals surface area (Å²) in [6.45, 7) is 2.14. The summed E-state index contributed by atoms with van der Waals surface area (Å²) in [6, 6.07) is 4.91. The van der Waals surface area contributed by atoms with E-state index in [1.54, 1.807) is 25.1 Å². The van der Waals surface area contributed by atoms with Gasteiger partial charge in [0.15, 0.2) is 11.2 Å². The summed E-state index contributed by atoms with van der Waals surface area (Å²) < 4.78 is 1.35. The van der Waals surface area contributed by atoms with Crippen LogP contribution in [0.1, 0.15) is 17.4 Å². The second kappa shape index (κ2) is 4.78. The zero-order valence-corrected chi connectivity index (χ0v) is 11.6. The fourth-order valence-corrected chi connectivity index (χ4v) is 2.20. The number of fused-ring (bicyclic) bond motifs is 2. The minimum absolute atomic E-state index is 0.0287. The van der Waals surface area contributed by atoms with Crippen LogP contribution in [0.3, 0.4) is 0 Å². The third kappa shape index (κ3) is 2.11. The van der Waals surface area contributed by atoms with Gasteiger partial charge in [-0.05, 0) is 25.1 Å². The Bertz CT molecular complexity index is 951. The predicted molar refractivity (Wildman–Crippen MR) is 76.7 cm³/mol. The van der Waals surface area contributed by atoms with Crippen molar-refractivity contribution < 1.29 is 9.90 Å². The number of halogens is 1. The molecule has 1 N–H and O–H groups in total. The average molecular weight is 305 g/mol. The zero-order valence-electron chi connectivity index (χ0n) is 10.9. The maximum atomic E-state index is 12.2. The van der Waals surface area contributed by atoms with E-state index in [4.69, 9.17) is 16.7 Å². The van der Waals surface area contributed by atoms with Gasteiger partial charge in [-0.1, -0.05) is 11.6 Å². The molecule has 0 spiro atoms. The number of carboxylic acids is 1. The first kappa shape index (κ1) is 13.4. The molecule has 3 rings (SSSR count). The van der Waals surface area contributed by atoms with Crippen LogP contribution in [0.2, 0.25) is 5.02 Å². The molecule has 106 valence electrons. The summed E-state index contributed by atoms with van der Waals surface area (Å²) in [5.74, 6) is -1.39. The molecule has 0 atom stereocenters. The molecule has 7 nitrogen and oxygen atoms in total. The molecule has 0 saturated carbocycles. The van der Waals surface area contributed by atoms with Crippen molar-refractivity contribution in [3.8, 4) is 0 Å². The highest BCUT2D eigenvalue weighted by Crippen LogP contribution is 2.18. The lowest BCUT2D eigenvalue weighted by molar-refractivity contribution is 0.0686. The lowest BCUT2D eigenvalue weighted by Crippen LogP contribution is -2.24. The number of aromatic nitrogens is 4. The summed E-state index contributed by atoms with van der Waals surface area (Å²) in [6.07, 6.45) is 0. The Kier molecular flexibility index (Phi) is 3.06. The molecule has 0 aliphatic heterocycles. The first-order chi connectivity index (χ1) is 10.0. The van der Waals surface area contributed by atoms with Crippen LogP contribution < -0.4 is 5.43 Å². The molecule has 0 unspecified atom stereocenters. The van der Waals surface area contributed by atoms with E-state index in [9.17, 15) is 9.59 Å². The summed E-state index contributed by atoms with van der Waals surface area (Å²) in [5.41, 5.74) is -0.117. The van der Waals surface area contributed by atoms with Crippen molar-refractivity contribution in [3.05, 3.63) is 39.1 Å². The Balaban J connectivity index is 2.52. The highest BCUT2D eigenvalue weighted by molar-refractivity contribution is 6.31. The van der Waals surface area contributed by atoms with Gasteiger partial charge in [-0.2, -0.15) is 5.10 Å². The second-order valence-corrected chi connectivity index (χ2v) is 4.76. The van der Waals surface area contributed by atoms with Crippen molar-refractivity contribution in [2.24, 2.45) is 0 Å². The van der Waals surface area contributed by atoms with Crippen LogP contribution in [0.25, 0.3) is 22.2 Å². The maximum Gasteiger partial charge on any atom is 0.360 e. The molecular weight excluding hydrogens is 296 g/mol. The Morgan fingerprint density at radius 3 is 2.76 bits per heavy atom. The van der Waals surface area contributed by atoms with E-state index in [0.717, 1.165) is 0 Å². The summed E-state index contributed by atoms with van der Waals surface area (Å²) in [5, 5.41) is 13.3. The highest BCUT2D eigenvalue weighted by Gasteiger charge is 2.18. The van der Waals surface area contributed by atoms with E-state index in [1.165, 1.54) is 4.68 Å². The summed E-state index contributed by atoms with van der Waals surface area (Å²) >= 11 is 5.89. The van der Waals surface area contributed by atoms with Crippen LogP contribution in [-0.2, 0) is 6.54 Å². The average Bonchev–Trinajstić information content (AvgIpc) is 2.46. The fourth-order valence-electron chi connectivity index (χ4n) is 2.04. The Morgan fingerprint density at radius 2 is 2.10 bits per heavy atom.